The minimum atomic E-state index is -2.62. The largest absolute Gasteiger partial charge is 0.457 e. The van der Waals surface area contributed by atoms with Gasteiger partial charge in [0, 0.05) is 37.7 Å². The van der Waals surface area contributed by atoms with E-state index in [-0.39, 0.29) is 24.8 Å². The van der Waals surface area contributed by atoms with Crippen LogP contribution in [0.1, 0.15) is 18.4 Å². The quantitative estimate of drug-likeness (QED) is 0.329. The molecular weight excluding hydrogens is 466 g/mol. The van der Waals surface area contributed by atoms with E-state index in [1.165, 1.54) is 6.33 Å². The molecule has 0 spiro atoms. The van der Waals surface area contributed by atoms with Crippen molar-refractivity contribution in [2.24, 2.45) is 7.05 Å². The highest BCUT2D eigenvalue weighted by molar-refractivity contribution is 5.87. The number of aryl methyl sites for hydroxylation is 2. The van der Waals surface area contributed by atoms with Crippen LogP contribution in [0, 0.1) is 6.92 Å². The third kappa shape index (κ3) is 4.23. The summed E-state index contributed by atoms with van der Waals surface area (Å²) in [4.78, 5) is 21.6. The lowest BCUT2D eigenvalue weighted by Gasteiger charge is -2.35. The highest BCUT2D eigenvalue weighted by Gasteiger charge is 2.45. The zero-order valence-corrected chi connectivity index (χ0v) is 19.5. The summed E-state index contributed by atoms with van der Waals surface area (Å²) in [6.07, 6.45) is 4.29. The van der Waals surface area contributed by atoms with Crippen LogP contribution in [0.25, 0.3) is 22.1 Å². The van der Waals surface area contributed by atoms with Gasteiger partial charge in [-0.3, -0.25) is 0 Å². The Hall–Kier alpha value is -4.41. The summed E-state index contributed by atoms with van der Waals surface area (Å²) < 4.78 is 34.4. The molecule has 5 aromatic rings. The lowest BCUT2D eigenvalue weighted by atomic mass is 9.88. The van der Waals surface area contributed by atoms with Gasteiger partial charge < -0.3 is 19.9 Å². The first-order valence-electron chi connectivity index (χ1n) is 11.4. The van der Waals surface area contributed by atoms with Crippen LogP contribution in [0.2, 0.25) is 0 Å². The number of ether oxygens (including phenoxy) is 1. The first-order chi connectivity index (χ1) is 17.3. The summed E-state index contributed by atoms with van der Waals surface area (Å²) in [7, 11) is 1.95. The fraction of sp³-hybridized carbons (Fsp3) is 0.240. The Morgan fingerprint density at radius 2 is 1.89 bits per heavy atom. The van der Waals surface area contributed by atoms with Gasteiger partial charge in [0.1, 0.15) is 28.9 Å². The number of alkyl halides is 2. The molecule has 0 atom stereocenters. The number of fused-ring (bicyclic) bond motifs is 2. The van der Waals surface area contributed by atoms with Crippen molar-refractivity contribution >= 4 is 39.5 Å². The van der Waals surface area contributed by atoms with Crippen molar-refractivity contribution in [1.82, 2.24) is 29.5 Å². The van der Waals surface area contributed by atoms with E-state index in [0.717, 1.165) is 28.0 Å². The molecule has 0 unspecified atom stereocenters. The van der Waals surface area contributed by atoms with Gasteiger partial charge in [-0.15, -0.1) is 0 Å². The topological polar surface area (TPSA) is 103 Å². The van der Waals surface area contributed by atoms with Crippen LogP contribution in [0.4, 0.5) is 26.2 Å². The Morgan fingerprint density at radius 1 is 1.03 bits per heavy atom. The molecule has 1 aliphatic carbocycles. The molecule has 3 aromatic heterocycles. The van der Waals surface area contributed by atoms with Gasteiger partial charge >= 0.3 is 0 Å². The van der Waals surface area contributed by atoms with Gasteiger partial charge in [-0.05, 0) is 42.8 Å². The Labute approximate surface area is 204 Å². The second-order valence-electron chi connectivity index (χ2n) is 8.97. The zero-order valence-electron chi connectivity index (χ0n) is 19.5. The molecule has 2 aromatic carbocycles. The normalized spacial score (nSPS) is 15.1. The van der Waals surface area contributed by atoms with Crippen LogP contribution in [-0.4, -0.2) is 41.5 Å². The van der Waals surface area contributed by atoms with Gasteiger partial charge in [-0.1, -0.05) is 0 Å². The molecule has 182 valence electrons. The van der Waals surface area contributed by atoms with Crippen LogP contribution >= 0.6 is 0 Å². The Kier molecular flexibility index (Phi) is 5.13. The number of rotatable bonds is 6. The first-order valence-corrected chi connectivity index (χ1v) is 11.4. The van der Waals surface area contributed by atoms with Crippen molar-refractivity contribution < 1.29 is 13.5 Å². The van der Waals surface area contributed by atoms with Crippen molar-refractivity contribution in [1.29, 1.82) is 0 Å². The van der Waals surface area contributed by atoms with Gasteiger partial charge in [-0.2, -0.15) is 0 Å². The second kappa shape index (κ2) is 8.36. The molecule has 0 aliphatic heterocycles. The monoisotopic (exact) mass is 488 g/mol. The standard InChI is InChI=1S/C25H22F2N8O/c1-14-7-15(3-6-21(14)36-17-4-5-20-18(8-17)31-13-35(20)2)32-23-22-19(29-12-30-23)11-28-24(34-22)33-16-9-25(26,27)10-16/h3-8,11-13,16H,9-10H2,1-2H3,(H,28,33,34)(H,29,30,32). The van der Waals surface area contributed by atoms with Gasteiger partial charge in [0.25, 0.3) is 5.92 Å². The van der Waals surface area contributed by atoms with Crippen LogP contribution in [-0.2, 0) is 7.05 Å². The number of hydrogen-bond donors (Lipinski definition) is 2. The summed E-state index contributed by atoms with van der Waals surface area (Å²) >= 11 is 0. The van der Waals surface area contributed by atoms with Gasteiger partial charge in [0.2, 0.25) is 5.95 Å². The molecule has 0 amide bonds. The Balaban J connectivity index is 1.21. The zero-order chi connectivity index (χ0) is 24.9. The average molecular weight is 489 g/mol. The maximum Gasteiger partial charge on any atom is 0.252 e. The molecule has 1 aliphatic rings. The third-order valence-electron chi connectivity index (χ3n) is 6.16. The lowest BCUT2D eigenvalue weighted by molar-refractivity contribution is -0.0794. The number of halogens is 2. The van der Waals surface area contributed by atoms with E-state index in [1.54, 1.807) is 12.5 Å². The number of anilines is 3. The SMILES string of the molecule is Cc1cc(Nc2ncnc3cnc(NC4CC(F)(F)C4)nc23)ccc1Oc1ccc2c(c1)ncn2C. The van der Waals surface area contributed by atoms with E-state index >= 15 is 0 Å². The number of nitrogens with one attached hydrogen (secondary N) is 2. The summed E-state index contributed by atoms with van der Waals surface area (Å²) in [5.41, 5.74) is 4.63. The van der Waals surface area contributed by atoms with E-state index in [4.69, 9.17) is 4.74 Å². The van der Waals surface area contributed by atoms with E-state index in [1.807, 2.05) is 54.9 Å². The number of nitrogens with zero attached hydrogens (tertiary/aromatic N) is 6. The van der Waals surface area contributed by atoms with Crippen LogP contribution in [0.15, 0.2) is 55.2 Å². The first kappa shape index (κ1) is 22.1. The maximum absolute atomic E-state index is 13.2. The minimum absolute atomic E-state index is 0.228. The molecule has 1 saturated carbocycles. The van der Waals surface area contributed by atoms with E-state index < -0.39 is 5.92 Å². The van der Waals surface area contributed by atoms with E-state index in [2.05, 4.69) is 35.6 Å². The van der Waals surface area contributed by atoms with Gasteiger partial charge in [0.05, 0.1) is 23.6 Å². The van der Waals surface area contributed by atoms with Crippen molar-refractivity contribution in [2.75, 3.05) is 10.6 Å². The molecule has 2 N–H and O–H groups in total. The van der Waals surface area contributed by atoms with Crippen LogP contribution in [0.3, 0.4) is 0 Å². The van der Waals surface area contributed by atoms with Gasteiger partial charge in [0.15, 0.2) is 5.82 Å². The molecular formula is C25H22F2N8O. The van der Waals surface area contributed by atoms with Crippen molar-refractivity contribution in [2.45, 2.75) is 31.7 Å². The third-order valence-corrected chi connectivity index (χ3v) is 6.16. The maximum atomic E-state index is 13.2. The molecule has 0 bridgehead atoms. The Morgan fingerprint density at radius 3 is 2.69 bits per heavy atom. The number of hydrogen-bond acceptors (Lipinski definition) is 8. The van der Waals surface area contributed by atoms with E-state index in [9.17, 15) is 8.78 Å². The molecule has 0 radical (unpaired) electrons. The lowest BCUT2D eigenvalue weighted by Crippen LogP contribution is -2.44. The van der Waals surface area contributed by atoms with Crippen LogP contribution in [0.5, 0.6) is 11.5 Å². The summed E-state index contributed by atoms with van der Waals surface area (Å²) in [6, 6.07) is 11.1. The number of aromatic nitrogens is 6. The van der Waals surface area contributed by atoms with Gasteiger partial charge in [-0.25, -0.2) is 33.7 Å². The Bertz CT molecular complexity index is 1590. The molecule has 11 heteroatoms. The molecule has 6 rings (SSSR count). The summed E-state index contributed by atoms with van der Waals surface area (Å²) in [6.45, 7) is 1.95. The molecule has 9 nitrogen and oxygen atoms in total. The van der Waals surface area contributed by atoms with Crippen molar-refractivity contribution in [3.8, 4) is 11.5 Å². The van der Waals surface area contributed by atoms with Crippen molar-refractivity contribution in [3.05, 3.63) is 60.8 Å². The summed E-state index contributed by atoms with van der Waals surface area (Å²) in [5.74, 6) is -0.450. The minimum Gasteiger partial charge on any atom is -0.457 e. The molecule has 36 heavy (non-hydrogen) atoms. The fourth-order valence-corrected chi connectivity index (χ4v) is 4.25. The highest BCUT2D eigenvalue weighted by Crippen LogP contribution is 2.39. The smallest absolute Gasteiger partial charge is 0.252 e. The average Bonchev–Trinajstić information content (AvgIpc) is 3.20. The predicted molar refractivity (Wildman–Crippen MR) is 132 cm³/mol. The molecule has 0 saturated heterocycles. The van der Waals surface area contributed by atoms with Crippen molar-refractivity contribution in [3.63, 3.8) is 0 Å². The van der Waals surface area contributed by atoms with Crippen LogP contribution < -0.4 is 15.4 Å². The predicted octanol–water partition coefficient (Wildman–Crippen LogP) is 5.36. The van der Waals surface area contributed by atoms with E-state index in [0.29, 0.717) is 22.6 Å². The molecule has 3 heterocycles. The number of imidazole rings is 1. The number of benzene rings is 2. The summed E-state index contributed by atoms with van der Waals surface area (Å²) in [5, 5.41) is 6.23. The fourth-order valence-electron chi connectivity index (χ4n) is 4.25. The second-order valence-corrected chi connectivity index (χ2v) is 8.97. The molecule has 1 fully saturated rings. The highest BCUT2D eigenvalue weighted by atomic mass is 19.3.